The molecule has 128 valence electrons. The number of hydrogen-bond donors (Lipinski definition) is 0. The van der Waals surface area contributed by atoms with Crippen molar-refractivity contribution in [2.24, 2.45) is 4.99 Å². The zero-order chi connectivity index (χ0) is 17.9. The summed E-state index contributed by atoms with van der Waals surface area (Å²) >= 11 is 2.89. The number of carbonyl (C=O) groups excluding carboxylic acids is 1. The summed E-state index contributed by atoms with van der Waals surface area (Å²) in [5, 5.41) is 1.28. The molecule has 4 nitrogen and oxygen atoms in total. The van der Waals surface area contributed by atoms with Crippen LogP contribution in [0.3, 0.4) is 0 Å². The number of aliphatic imine (C=N–C) groups is 1. The van der Waals surface area contributed by atoms with Gasteiger partial charge in [-0.1, -0.05) is 59.9 Å². The van der Waals surface area contributed by atoms with Gasteiger partial charge >= 0.3 is 0 Å². The number of amidine groups is 1. The van der Waals surface area contributed by atoms with Crippen molar-refractivity contribution >= 4 is 55.6 Å². The topological polar surface area (TPSA) is 45.6 Å². The minimum atomic E-state index is -0.0568. The van der Waals surface area contributed by atoms with E-state index in [1.807, 2.05) is 60.7 Å². The van der Waals surface area contributed by atoms with Crippen molar-refractivity contribution in [1.82, 2.24) is 9.88 Å². The van der Waals surface area contributed by atoms with Gasteiger partial charge in [0.15, 0.2) is 5.17 Å². The molecule has 2 heterocycles. The van der Waals surface area contributed by atoms with E-state index < -0.39 is 0 Å². The molecule has 3 aromatic rings. The van der Waals surface area contributed by atoms with E-state index in [4.69, 9.17) is 0 Å². The molecule has 0 N–H and O–H groups in total. The minimum absolute atomic E-state index is 0.0568. The molecule has 6 heteroatoms. The molecule has 1 aromatic heterocycles. The molecule has 1 aliphatic heterocycles. The molecule has 0 spiro atoms. The standard InChI is InChI=1S/C20H15N3OS2/c1-2-12-23-18(24)17(13-14-8-4-3-5-9-14)26-20(23)22-19-21-15-10-6-7-11-16(15)25-19/h2-11,13H,1,12H2/b17-13-,22-20+. The highest BCUT2D eigenvalue weighted by molar-refractivity contribution is 8.18. The fraction of sp³-hybridized carbons (Fsp3) is 0.0500. The van der Waals surface area contributed by atoms with Crippen molar-refractivity contribution in [3.63, 3.8) is 0 Å². The predicted octanol–water partition coefficient (Wildman–Crippen LogP) is 5.09. The molecule has 4 rings (SSSR count). The van der Waals surface area contributed by atoms with E-state index in [0.717, 1.165) is 15.8 Å². The van der Waals surface area contributed by atoms with Crippen molar-refractivity contribution in [3.8, 4) is 0 Å². The molecule has 1 amide bonds. The average Bonchev–Trinajstić information content (AvgIpc) is 3.19. The van der Waals surface area contributed by atoms with Gasteiger partial charge in [-0.3, -0.25) is 9.69 Å². The van der Waals surface area contributed by atoms with Gasteiger partial charge in [0.1, 0.15) is 0 Å². The van der Waals surface area contributed by atoms with Gasteiger partial charge < -0.3 is 0 Å². The molecule has 1 aliphatic rings. The first kappa shape index (κ1) is 16.8. The zero-order valence-corrected chi connectivity index (χ0v) is 15.5. The highest BCUT2D eigenvalue weighted by Gasteiger charge is 2.32. The van der Waals surface area contributed by atoms with E-state index in [-0.39, 0.29) is 5.91 Å². The molecule has 2 aromatic carbocycles. The number of thioether (sulfide) groups is 1. The number of fused-ring (bicyclic) bond motifs is 1. The normalized spacial score (nSPS) is 17.5. The molecule has 26 heavy (non-hydrogen) atoms. The van der Waals surface area contributed by atoms with E-state index >= 15 is 0 Å². The van der Waals surface area contributed by atoms with Crippen LogP contribution in [0.2, 0.25) is 0 Å². The van der Waals surface area contributed by atoms with E-state index in [0.29, 0.717) is 21.7 Å². The summed E-state index contributed by atoms with van der Waals surface area (Å²) < 4.78 is 1.08. The lowest BCUT2D eigenvalue weighted by molar-refractivity contribution is -0.121. The third kappa shape index (κ3) is 3.34. The quantitative estimate of drug-likeness (QED) is 0.470. The minimum Gasteiger partial charge on any atom is -0.282 e. The second kappa shape index (κ2) is 7.27. The second-order valence-corrected chi connectivity index (χ2v) is 7.60. The number of thiazole rings is 1. The van der Waals surface area contributed by atoms with Gasteiger partial charge in [-0.15, -0.1) is 6.58 Å². The molecule has 0 radical (unpaired) electrons. The Balaban J connectivity index is 1.70. The van der Waals surface area contributed by atoms with Crippen molar-refractivity contribution in [1.29, 1.82) is 0 Å². The molecular formula is C20H15N3OS2. The lowest BCUT2D eigenvalue weighted by Gasteiger charge is -2.11. The molecule has 0 saturated carbocycles. The van der Waals surface area contributed by atoms with Crippen LogP contribution < -0.4 is 0 Å². The van der Waals surface area contributed by atoms with Crippen LogP contribution in [-0.2, 0) is 4.79 Å². The van der Waals surface area contributed by atoms with E-state index in [1.54, 1.807) is 11.0 Å². The van der Waals surface area contributed by atoms with Crippen LogP contribution >= 0.6 is 23.1 Å². The predicted molar refractivity (Wildman–Crippen MR) is 111 cm³/mol. The van der Waals surface area contributed by atoms with E-state index in [2.05, 4.69) is 16.6 Å². The lowest BCUT2D eigenvalue weighted by Crippen LogP contribution is -2.29. The largest absolute Gasteiger partial charge is 0.282 e. The van der Waals surface area contributed by atoms with Gasteiger partial charge in [0.25, 0.3) is 5.91 Å². The van der Waals surface area contributed by atoms with Crippen molar-refractivity contribution < 1.29 is 4.79 Å². The fourth-order valence-electron chi connectivity index (χ4n) is 2.57. The second-order valence-electron chi connectivity index (χ2n) is 5.58. The molecule has 0 bridgehead atoms. The third-order valence-electron chi connectivity index (χ3n) is 3.77. The monoisotopic (exact) mass is 377 g/mol. The SMILES string of the molecule is C=CCN1C(=O)/C(=C/c2ccccc2)S/C1=N/c1nc2ccccc2s1. The first-order chi connectivity index (χ1) is 12.7. The Labute approximate surface area is 159 Å². The maximum atomic E-state index is 12.8. The van der Waals surface area contributed by atoms with E-state index in [1.165, 1.54) is 23.1 Å². The van der Waals surface area contributed by atoms with Crippen molar-refractivity contribution in [2.45, 2.75) is 0 Å². The first-order valence-electron chi connectivity index (χ1n) is 8.06. The number of carbonyl (C=O) groups is 1. The zero-order valence-electron chi connectivity index (χ0n) is 13.8. The number of aromatic nitrogens is 1. The Morgan fingerprint density at radius 3 is 2.65 bits per heavy atom. The van der Waals surface area contributed by atoms with Crippen LogP contribution in [0.25, 0.3) is 16.3 Å². The van der Waals surface area contributed by atoms with Crippen LogP contribution in [0, 0.1) is 0 Å². The maximum absolute atomic E-state index is 12.8. The van der Waals surface area contributed by atoms with Crippen LogP contribution in [0.1, 0.15) is 5.56 Å². The Morgan fingerprint density at radius 1 is 1.12 bits per heavy atom. The molecule has 0 atom stereocenters. The highest BCUT2D eigenvalue weighted by Crippen LogP contribution is 2.36. The Bertz CT molecular complexity index is 1000. The van der Waals surface area contributed by atoms with Crippen LogP contribution in [0.4, 0.5) is 5.13 Å². The van der Waals surface area contributed by atoms with E-state index in [9.17, 15) is 4.79 Å². The summed E-state index contributed by atoms with van der Waals surface area (Å²) in [5.41, 5.74) is 1.91. The van der Waals surface area contributed by atoms with Gasteiger partial charge in [0.05, 0.1) is 15.1 Å². The summed E-state index contributed by atoms with van der Waals surface area (Å²) in [4.78, 5) is 24.2. The Kier molecular flexibility index (Phi) is 4.69. The molecular weight excluding hydrogens is 362 g/mol. The summed E-state index contributed by atoms with van der Waals surface area (Å²) in [5.74, 6) is -0.0568. The Hall–Kier alpha value is -2.70. The average molecular weight is 377 g/mol. The first-order valence-corrected chi connectivity index (χ1v) is 9.69. The van der Waals surface area contributed by atoms with Gasteiger partial charge in [-0.2, -0.15) is 4.99 Å². The molecule has 1 saturated heterocycles. The van der Waals surface area contributed by atoms with Gasteiger partial charge in [0.2, 0.25) is 5.13 Å². The molecule has 0 unspecified atom stereocenters. The third-order valence-corrected chi connectivity index (χ3v) is 5.71. The van der Waals surface area contributed by atoms with Crippen molar-refractivity contribution in [2.75, 3.05) is 6.54 Å². The van der Waals surface area contributed by atoms with Crippen LogP contribution in [-0.4, -0.2) is 27.5 Å². The number of rotatable bonds is 4. The number of nitrogens with zero attached hydrogens (tertiary/aromatic N) is 3. The number of para-hydroxylation sites is 1. The summed E-state index contributed by atoms with van der Waals surface area (Å²) in [7, 11) is 0. The molecule has 0 aliphatic carbocycles. The lowest BCUT2D eigenvalue weighted by atomic mass is 10.2. The Morgan fingerprint density at radius 2 is 1.88 bits per heavy atom. The maximum Gasteiger partial charge on any atom is 0.267 e. The number of benzene rings is 2. The summed E-state index contributed by atoms with van der Waals surface area (Å²) in [6.45, 7) is 4.17. The van der Waals surface area contributed by atoms with Crippen LogP contribution in [0.5, 0.6) is 0 Å². The summed E-state index contributed by atoms with van der Waals surface area (Å²) in [6, 6.07) is 17.7. The fourth-order valence-corrected chi connectivity index (χ4v) is 4.46. The smallest absolute Gasteiger partial charge is 0.267 e. The van der Waals surface area contributed by atoms with Crippen LogP contribution in [0.15, 0.2) is 77.1 Å². The highest BCUT2D eigenvalue weighted by atomic mass is 32.2. The van der Waals surface area contributed by atoms with Crippen molar-refractivity contribution in [3.05, 3.63) is 77.7 Å². The summed E-state index contributed by atoms with van der Waals surface area (Å²) in [6.07, 6.45) is 3.60. The number of amides is 1. The van der Waals surface area contributed by atoms with Gasteiger partial charge in [0, 0.05) is 6.54 Å². The number of hydrogen-bond acceptors (Lipinski definition) is 5. The molecule has 1 fully saturated rings. The van der Waals surface area contributed by atoms with Gasteiger partial charge in [-0.05, 0) is 35.5 Å². The van der Waals surface area contributed by atoms with Gasteiger partial charge in [-0.25, -0.2) is 4.98 Å².